The molecule has 2 heterocycles. The van der Waals surface area contributed by atoms with Gasteiger partial charge >= 0.3 is 6.18 Å². The predicted molar refractivity (Wildman–Crippen MR) is 107 cm³/mol. The Morgan fingerprint density at radius 2 is 2.16 bits per heavy atom. The second kappa shape index (κ2) is 8.61. The third-order valence-electron chi connectivity index (χ3n) is 5.73. The molecule has 2 fully saturated rings. The molecule has 1 aromatic carbocycles. The minimum Gasteiger partial charge on any atom is -0.390 e. The smallest absolute Gasteiger partial charge is 0.390 e. The Hall–Kier alpha value is -2.22. The van der Waals surface area contributed by atoms with Crippen LogP contribution in [-0.2, 0) is 34.1 Å². The predicted octanol–water partition coefficient (Wildman–Crippen LogP) is 1.89. The first kappa shape index (κ1) is 23.0. The molecule has 0 radical (unpaired) electrons. The van der Waals surface area contributed by atoms with Gasteiger partial charge in [-0.1, -0.05) is 5.21 Å². The van der Waals surface area contributed by atoms with Crippen LogP contribution in [-0.4, -0.2) is 53.3 Å². The monoisotopic (exact) mass is 475 g/mol. The van der Waals surface area contributed by atoms with Crippen molar-refractivity contribution in [2.45, 2.75) is 61.5 Å². The summed E-state index contributed by atoms with van der Waals surface area (Å²) in [5, 5.41) is 19.4. The molecule has 2 aromatic rings. The van der Waals surface area contributed by atoms with E-state index in [1.807, 2.05) is 0 Å². The Labute approximate surface area is 183 Å². The zero-order valence-corrected chi connectivity index (χ0v) is 17.9. The van der Waals surface area contributed by atoms with Crippen LogP contribution in [0.25, 0.3) is 0 Å². The number of nitrogens with zero attached hydrogens (tertiary/aromatic N) is 3. The van der Waals surface area contributed by atoms with Crippen molar-refractivity contribution in [2.24, 2.45) is 0 Å². The van der Waals surface area contributed by atoms with Crippen LogP contribution in [0.2, 0.25) is 0 Å². The first-order valence-corrected chi connectivity index (χ1v) is 11.7. The van der Waals surface area contributed by atoms with E-state index in [0.29, 0.717) is 44.5 Å². The average Bonchev–Trinajstić information content (AvgIpc) is 3.45. The Kier molecular flexibility index (Phi) is 6.18. The molecule has 2 atom stereocenters. The third kappa shape index (κ3) is 4.90. The molecule has 4 rings (SSSR count). The highest BCUT2D eigenvalue weighted by molar-refractivity contribution is 7.89. The molecule has 13 heteroatoms. The molecule has 2 unspecified atom stereocenters. The van der Waals surface area contributed by atoms with Crippen LogP contribution < -0.4 is 10.0 Å². The maximum absolute atomic E-state index is 13.7. The molecule has 1 aromatic heterocycles. The van der Waals surface area contributed by atoms with Gasteiger partial charge < -0.3 is 15.2 Å². The van der Waals surface area contributed by atoms with Gasteiger partial charge in [0.1, 0.15) is 5.69 Å². The topological polar surface area (TPSA) is 118 Å². The van der Waals surface area contributed by atoms with Crippen molar-refractivity contribution in [3.8, 4) is 0 Å². The van der Waals surface area contributed by atoms with Gasteiger partial charge in [0.2, 0.25) is 10.0 Å². The normalized spacial score (nSPS) is 23.1. The number of sulfonamides is 1. The number of alkyl halides is 3. The van der Waals surface area contributed by atoms with E-state index in [-0.39, 0.29) is 25.0 Å². The molecular weight excluding hydrogens is 451 g/mol. The van der Waals surface area contributed by atoms with Crippen molar-refractivity contribution in [3.63, 3.8) is 0 Å². The lowest BCUT2D eigenvalue weighted by Crippen LogP contribution is -2.48. The fraction of sp³-hybridized carbons (Fsp3) is 0.579. The van der Waals surface area contributed by atoms with E-state index in [2.05, 4.69) is 20.4 Å². The standard InChI is InChI=1S/C19H24F3N5O4S/c20-19(21,22)16-8-13(23-6-1-7-27-10-14(11-28)24-26-27)2-3-17(16)32(29,30)25-18-5-4-15(9-18)31-12-18/h2-3,8,10,15,23,25,28H,1,4-7,9,11-12H2. The van der Waals surface area contributed by atoms with E-state index in [1.165, 1.54) is 10.7 Å². The van der Waals surface area contributed by atoms with Gasteiger partial charge in [-0.05, 0) is 43.9 Å². The molecule has 1 aliphatic carbocycles. The van der Waals surface area contributed by atoms with Crippen LogP contribution in [0.15, 0.2) is 29.3 Å². The highest BCUT2D eigenvalue weighted by Gasteiger charge is 2.49. The summed E-state index contributed by atoms with van der Waals surface area (Å²) in [6.07, 6.45) is -1.07. The van der Waals surface area contributed by atoms with Crippen LogP contribution in [0.3, 0.4) is 0 Å². The van der Waals surface area contributed by atoms with E-state index in [9.17, 15) is 21.6 Å². The van der Waals surface area contributed by atoms with E-state index < -0.39 is 32.2 Å². The first-order chi connectivity index (χ1) is 15.1. The highest BCUT2D eigenvalue weighted by Crippen LogP contribution is 2.41. The lowest BCUT2D eigenvalue weighted by Gasteiger charge is -2.27. The Morgan fingerprint density at radius 1 is 1.34 bits per heavy atom. The van der Waals surface area contributed by atoms with Crippen LogP contribution in [0, 0.1) is 0 Å². The molecule has 3 N–H and O–H groups in total. The number of anilines is 1. The largest absolute Gasteiger partial charge is 0.417 e. The van der Waals surface area contributed by atoms with Crippen molar-refractivity contribution < 1.29 is 31.4 Å². The van der Waals surface area contributed by atoms with Crippen LogP contribution in [0.4, 0.5) is 18.9 Å². The number of rotatable bonds is 9. The summed E-state index contributed by atoms with van der Waals surface area (Å²) in [6.45, 7) is 0.728. The minimum atomic E-state index is -4.84. The molecular formula is C19H24F3N5O4S. The zero-order valence-electron chi connectivity index (χ0n) is 17.1. The number of ether oxygens (including phenoxy) is 1. The Bertz CT molecular complexity index is 1070. The molecule has 0 amide bonds. The summed E-state index contributed by atoms with van der Waals surface area (Å²) in [7, 11) is -4.40. The van der Waals surface area contributed by atoms with Crippen LogP contribution in [0.1, 0.15) is 36.9 Å². The van der Waals surface area contributed by atoms with Crippen molar-refractivity contribution in [3.05, 3.63) is 35.7 Å². The second-order valence-corrected chi connectivity index (χ2v) is 9.83. The van der Waals surface area contributed by atoms with Gasteiger partial charge in [-0.3, -0.25) is 4.68 Å². The second-order valence-electron chi connectivity index (χ2n) is 8.18. The number of benzene rings is 1. The Balaban J connectivity index is 1.45. The van der Waals surface area contributed by atoms with E-state index in [4.69, 9.17) is 9.84 Å². The summed E-state index contributed by atoms with van der Waals surface area (Å²) in [5.74, 6) is 0. The van der Waals surface area contributed by atoms with E-state index >= 15 is 0 Å². The van der Waals surface area contributed by atoms with Gasteiger partial charge in [-0.15, -0.1) is 5.10 Å². The van der Waals surface area contributed by atoms with Crippen molar-refractivity contribution in [1.82, 2.24) is 19.7 Å². The summed E-state index contributed by atoms with van der Waals surface area (Å²) >= 11 is 0. The number of aryl methyl sites for hydroxylation is 1. The fourth-order valence-electron chi connectivity index (χ4n) is 4.18. The van der Waals surface area contributed by atoms with Gasteiger partial charge in [0.25, 0.3) is 0 Å². The van der Waals surface area contributed by atoms with Gasteiger partial charge in [0, 0.05) is 18.8 Å². The molecule has 1 aliphatic heterocycles. The van der Waals surface area contributed by atoms with Gasteiger partial charge in [0.15, 0.2) is 0 Å². The number of nitrogens with one attached hydrogen (secondary N) is 2. The van der Waals surface area contributed by atoms with Gasteiger partial charge in [0.05, 0.1) is 41.5 Å². The van der Waals surface area contributed by atoms with Gasteiger partial charge in [-0.25, -0.2) is 13.1 Å². The first-order valence-electron chi connectivity index (χ1n) is 10.2. The zero-order chi connectivity index (χ0) is 23.0. The Morgan fingerprint density at radius 3 is 2.75 bits per heavy atom. The molecule has 0 spiro atoms. The van der Waals surface area contributed by atoms with Crippen molar-refractivity contribution in [2.75, 3.05) is 18.5 Å². The highest BCUT2D eigenvalue weighted by atomic mass is 32.2. The quantitative estimate of drug-likeness (QED) is 0.474. The lowest BCUT2D eigenvalue weighted by atomic mass is 10.0. The number of hydrogen-bond acceptors (Lipinski definition) is 7. The number of aliphatic hydroxyl groups excluding tert-OH is 1. The lowest BCUT2D eigenvalue weighted by molar-refractivity contribution is -0.139. The summed E-state index contributed by atoms with van der Waals surface area (Å²) in [6, 6.07) is 3.12. The molecule has 1 saturated heterocycles. The third-order valence-corrected chi connectivity index (χ3v) is 7.36. The maximum atomic E-state index is 13.7. The SMILES string of the molecule is O=S(=O)(NC12CCC(C1)OC2)c1ccc(NCCCn2cc(CO)nn2)cc1C(F)(F)F. The van der Waals surface area contributed by atoms with Crippen LogP contribution in [0.5, 0.6) is 0 Å². The van der Waals surface area contributed by atoms with E-state index in [0.717, 1.165) is 12.1 Å². The number of hydrogen-bond donors (Lipinski definition) is 3. The van der Waals surface area contributed by atoms with Crippen molar-refractivity contribution >= 4 is 15.7 Å². The maximum Gasteiger partial charge on any atom is 0.417 e. The van der Waals surface area contributed by atoms with Crippen LogP contribution >= 0.6 is 0 Å². The molecule has 176 valence electrons. The molecule has 2 bridgehead atoms. The molecule has 32 heavy (non-hydrogen) atoms. The molecule has 2 aliphatic rings. The van der Waals surface area contributed by atoms with Crippen molar-refractivity contribution in [1.29, 1.82) is 0 Å². The van der Waals surface area contributed by atoms with Gasteiger partial charge in [-0.2, -0.15) is 13.2 Å². The summed E-state index contributed by atoms with van der Waals surface area (Å²) in [5.41, 5.74) is -1.46. The number of halogens is 3. The molecule has 1 saturated carbocycles. The number of aliphatic hydroxyl groups is 1. The minimum absolute atomic E-state index is 0.0425. The summed E-state index contributed by atoms with van der Waals surface area (Å²) in [4.78, 5) is -0.792. The molecule has 9 nitrogen and oxygen atoms in total. The number of aromatic nitrogens is 3. The fourth-order valence-corrected chi connectivity index (χ4v) is 5.82. The summed E-state index contributed by atoms with van der Waals surface area (Å²) < 4.78 is 76.4. The average molecular weight is 475 g/mol. The van der Waals surface area contributed by atoms with E-state index in [1.54, 1.807) is 6.20 Å². The number of fused-ring (bicyclic) bond motifs is 2.